The van der Waals surface area contributed by atoms with Gasteiger partial charge in [0.05, 0.1) is 24.3 Å². The first-order valence-corrected chi connectivity index (χ1v) is 10.2. The lowest BCUT2D eigenvalue weighted by atomic mass is 9.98. The van der Waals surface area contributed by atoms with Crippen LogP contribution < -0.4 is 10.1 Å². The number of nitrogens with one attached hydrogen (secondary N) is 1. The maximum Gasteiger partial charge on any atom is 0.416 e. The third-order valence-electron chi connectivity index (χ3n) is 4.81. The Labute approximate surface area is 188 Å². The second-order valence-corrected chi connectivity index (χ2v) is 7.32. The number of benzene rings is 3. The van der Waals surface area contributed by atoms with E-state index in [0.717, 1.165) is 12.1 Å². The number of carboxylic acids is 1. The zero-order chi connectivity index (χ0) is 24.0. The number of carbonyl (C=O) groups is 2. The summed E-state index contributed by atoms with van der Waals surface area (Å²) in [5, 5.41) is 11.8. The molecule has 0 heterocycles. The maximum absolute atomic E-state index is 13.1. The lowest BCUT2D eigenvalue weighted by Crippen LogP contribution is -2.14. The second kappa shape index (κ2) is 10.2. The summed E-state index contributed by atoms with van der Waals surface area (Å²) in [7, 11) is 0. The van der Waals surface area contributed by atoms with Crippen LogP contribution in [0.2, 0.25) is 0 Å². The quantitative estimate of drug-likeness (QED) is 0.432. The van der Waals surface area contributed by atoms with Crippen LogP contribution in [0.5, 0.6) is 5.75 Å². The highest BCUT2D eigenvalue weighted by Crippen LogP contribution is 2.33. The van der Waals surface area contributed by atoms with Crippen molar-refractivity contribution < 1.29 is 32.6 Å². The molecule has 0 saturated heterocycles. The molecule has 0 aliphatic carbocycles. The van der Waals surface area contributed by atoms with Crippen molar-refractivity contribution in [2.45, 2.75) is 25.9 Å². The zero-order valence-electron chi connectivity index (χ0n) is 17.8. The van der Waals surface area contributed by atoms with E-state index < -0.39 is 23.6 Å². The number of hydrogen-bond acceptors (Lipinski definition) is 3. The fourth-order valence-corrected chi connectivity index (χ4v) is 3.25. The Kier molecular flexibility index (Phi) is 7.37. The van der Waals surface area contributed by atoms with Crippen molar-refractivity contribution in [2.24, 2.45) is 0 Å². The van der Waals surface area contributed by atoms with Crippen molar-refractivity contribution in [1.29, 1.82) is 0 Å². The van der Waals surface area contributed by atoms with Gasteiger partial charge in [0.25, 0.3) is 5.91 Å². The SMILES string of the molecule is CCCOc1cc(CC(=O)O)ccc1NC(=O)c1ccccc1-c1ccc(C(F)(F)F)cc1. The van der Waals surface area contributed by atoms with E-state index in [0.29, 0.717) is 41.2 Å². The van der Waals surface area contributed by atoms with E-state index in [9.17, 15) is 22.8 Å². The molecule has 0 saturated carbocycles. The number of amides is 1. The normalized spacial score (nSPS) is 11.2. The largest absolute Gasteiger partial charge is 0.491 e. The first-order valence-electron chi connectivity index (χ1n) is 10.2. The summed E-state index contributed by atoms with van der Waals surface area (Å²) in [6.07, 6.45) is -3.92. The smallest absolute Gasteiger partial charge is 0.416 e. The van der Waals surface area contributed by atoms with E-state index in [1.54, 1.807) is 42.5 Å². The van der Waals surface area contributed by atoms with Gasteiger partial charge in [-0.3, -0.25) is 9.59 Å². The van der Waals surface area contributed by atoms with Gasteiger partial charge < -0.3 is 15.2 Å². The minimum absolute atomic E-state index is 0.187. The van der Waals surface area contributed by atoms with Gasteiger partial charge in [0, 0.05) is 5.56 Å². The molecule has 0 aliphatic rings. The van der Waals surface area contributed by atoms with Crippen LogP contribution in [0.1, 0.15) is 34.8 Å². The Bertz CT molecular complexity index is 1140. The molecule has 172 valence electrons. The molecule has 0 atom stereocenters. The predicted molar refractivity (Wildman–Crippen MR) is 118 cm³/mol. The van der Waals surface area contributed by atoms with Gasteiger partial charge in [-0.05, 0) is 53.4 Å². The molecule has 1 amide bonds. The van der Waals surface area contributed by atoms with Crippen LogP contribution in [0.25, 0.3) is 11.1 Å². The molecule has 3 aromatic rings. The lowest BCUT2D eigenvalue weighted by molar-refractivity contribution is -0.138. The van der Waals surface area contributed by atoms with Gasteiger partial charge in [-0.25, -0.2) is 0 Å². The molecule has 0 aromatic heterocycles. The fraction of sp³-hybridized carbons (Fsp3) is 0.200. The topological polar surface area (TPSA) is 75.6 Å². The van der Waals surface area contributed by atoms with Gasteiger partial charge in [-0.2, -0.15) is 13.2 Å². The summed E-state index contributed by atoms with van der Waals surface area (Å²) in [5.41, 5.74) is 1.33. The first kappa shape index (κ1) is 23.8. The summed E-state index contributed by atoms with van der Waals surface area (Å²) in [6.45, 7) is 2.29. The minimum Gasteiger partial charge on any atom is -0.491 e. The highest BCUT2D eigenvalue weighted by Gasteiger charge is 2.30. The number of ether oxygens (including phenoxy) is 1. The zero-order valence-corrected chi connectivity index (χ0v) is 17.8. The van der Waals surface area contributed by atoms with Gasteiger partial charge in [0.2, 0.25) is 0 Å². The molecule has 8 heteroatoms. The summed E-state index contributed by atoms with van der Waals surface area (Å²) in [6, 6.07) is 15.9. The van der Waals surface area contributed by atoms with Crippen molar-refractivity contribution in [3.8, 4) is 16.9 Å². The summed E-state index contributed by atoms with van der Waals surface area (Å²) in [4.78, 5) is 24.1. The monoisotopic (exact) mass is 457 g/mol. The van der Waals surface area contributed by atoms with E-state index in [-0.39, 0.29) is 12.0 Å². The lowest BCUT2D eigenvalue weighted by Gasteiger charge is -2.15. The Morgan fingerprint density at radius 1 is 1.00 bits per heavy atom. The Balaban J connectivity index is 1.90. The Morgan fingerprint density at radius 2 is 1.70 bits per heavy atom. The molecular weight excluding hydrogens is 435 g/mol. The van der Waals surface area contributed by atoms with Gasteiger partial charge in [0.15, 0.2) is 0 Å². The van der Waals surface area contributed by atoms with Crippen LogP contribution in [-0.4, -0.2) is 23.6 Å². The number of rotatable bonds is 8. The molecule has 0 aliphatic heterocycles. The number of aliphatic carboxylic acids is 1. The van der Waals surface area contributed by atoms with Gasteiger partial charge in [-0.1, -0.05) is 43.3 Å². The summed E-state index contributed by atoms with van der Waals surface area (Å²) < 4.78 is 44.4. The Hall–Kier alpha value is -3.81. The number of alkyl halides is 3. The van der Waals surface area contributed by atoms with Crippen LogP contribution in [0.15, 0.2) is 66.7 Å². The molecule has 33 heavy (non-hydrogen) atoms. The highest BCUT2D eigenvalue weighted by molar-refractivity contribution is 6.09. The third-order valence-corrected chi connectivity index (χ3v) is 4.81. The number of carbonyl (C=O) groups excluding carboxylic acids is 1. The average Bonchev–Trinajstić information content (AvgIpc) is 2.78. The van der Waals surface area contributed by atoms with Gasteiger partial charge in [0.1, 0.15) is 5.75 Å². The molecule has 5 nitrogen and oxygen atoms in total. The standard InChI is InChI=1S/C25H22F3NO4/c1-2-13-33-22-14-16(15-23(30)31)7-12-21(22)29-24(32)20-6-4-3-5-19(20)17-8-10-18(11-9-17)25(26,27)28/h3-12,14H,2,13,15H2,1H3,(H,29,32)(H,30,31). The molecule has 3 aromatic carbocycles. The van der Waals surface area contributed by atoms with E-state index in [1.807, 2.05) is 6.92 Å². The maximum atomic E-state index is 13.1. The van der Waals surface area contributed by atoms with E-state index in [2.05, 4.69) is 5.32 Å². The van der Waals surface area contributed by atoms with Crippen molar-refractivity contribution in [3.63, 3.8) is 0 Å². The molecular formula is C25H22F3NO4. The molecule has 0 unspecified atom stereocenters. The van der Waals surface area contributed by atoms with E-state index in [4.69, 9.17) is 9.84 Å². The summed E-state index contributed by atoms with van der Waals surface area (Å²) in [5.74, 6) is -1.12. The summed E-state index contributed by atoms with van der Waals surface area (Å²) >= 11 is 0. The van der Waals surface area contributed by atoms with Crippen molar-refractivity contribution in [1.82, 2.24) is 0 Å². The van der Waals surface area contributed by atoms with Crippen LogP contribution in [0.4, 0.5) is 18.9 Å². The minimum atomic E-state index is -4.45. The number of anilines is 1. The third kappa shape index (κ3) is 6.12. The first-order chi connectivity index (χ1) is 15.7. The predicted octanol–water partition coefficient (Wildman–Crippen LogP) is 6.04. The number of carboxylic acid groups (broad SMARTS) is 1. The second-order valence-electron chi connectivity index (χ2n) is 7.32. The van der Waals surface area contributed by atoms with Gasteiger partial charge >= 0.3 is 12.1 Å². The Morgan fingerprint density at radius 3 is 2.33 bits per heavy atom. The van der Waals surface area contributed by atoms with Gasteiger partial charge in [-0.15, -0.1) is 0 Å². The van der Waals surface area contributed by atoms with E-state index >= 15 is 0 Å². The number of hydrogen-bond donors (Lipinski definition) is 2. The van der Waals surface area contributed by atoms with Crippen molar-refractivity contribution in [3.05, 3.63) is 83.4 Å². The molecule has 0 bridgehead atoms. The average molecular weight is 457 g/mol. The van der Waals surface area contributed by atoms with E-state index in [1.165, 1.54) is 12.1 Å². The number of halogens is 3. The fourth-order valence-electron chi connectivity index (χ4n) is 3.25. The molecule has 0 fully saturated rings. The molecule has 2 N–H and O–H groups in total. The van der Waals surface area contributed by atoms with Crippen LogP contribution in [-0.2, 0) is 17.4 Å². The molecule has 3 rings (SSSR count). The molecule has 0 spiro atoms. The highest BCUT2D eigenvalue weighted by atomic mass is 19.4. The van der Waals surface area contributed by atoms with Crippen molar-refractivity contribution in [2.75, 3.05) is 11.9 Å². The molecule has 0 radical (unpaired) electrons. The van der Waals surface area contributed by atoms with Crippen LogP contribution in [0, 0.1) is 0 Å². The van der Waals surface area contributed by atoms with Crippen molar-refractivity contribution >= 4 is 17.6 Å². The van der Waals surface area contributed by atoms with Crippen LogP contribution in [0.3, 0.4) is 0 Å². The van der Waals surface area contributed by atoms with Crippen LogP contribution >= 0.6 is 0 Å².